The summed E-state index contributed by atoms with van der Waals surface area (Å²) >= 11 is 0. The van der Waals surface area contributed by atoms with Gasteiger partial charge in [-0.15, -0.1) is 0 Å². The summed E-state index contributed by atoms with van der Waals surface area (Å²) in [5.41, 5.74) is 1.07. The number of nitrogens with zero attached hydrogens (tertiary/aromatic N) is 2. The van der Waals surface area contributed by atoms with Gasteiger partial charge in [-0.2, -0.15) is 0 Å². The number of rotatable bonds is 6. The van der Waals surface area contributed by atoms with E-state index in [9.17, 15) is 23.6 Å². The zero-order valence-corrected chi connectivity index (χ0v) is 18.1. The Morgan fingerprint density at radius 1 is 1.03 bits per heavy atom. The predicted octanol–water partition coefficient (Wildman–Crippen LogP) is 3.72. The molecule has 2 fully saturated rings. The van der Waals surface area contributed by atoms with E-state index in [0.29, 0.717) is 11.3 Å². The lowest BCUT2D eigenvalue weighted by atomic mass is 10.1. The molecule has 172 valence electrons. The summed E-state index contributed by atoms with van der Waals surface area (Å²) in [4.78, 5) is 53.4. The lowest BCUT2D eigenvalue weighted by Gasteiger charge is -2.27. The van der Waals surface area contributed by atoms with Gasteiger partial charge in [0.1, 0.15) is 11.9 Å². The van der Waals surface area contributed by atoms with Crippen LogP contribution >= 0.6 is 0 Å². The van der Waals surface area contributed by atoms with Gasteiger partial charge >= 0.3 is 12.0 Å². The monoisotopic (exact) mass is 453 g/mol. The molecule has 0 bridgehead atoms. The van der Waals surface area contributed by atoms with Crippen molar-refractivity contribution in [2.24, 2.45) is 0 Å². The molecule has 1 N–H and O–H groups in total. The van der Waals surface area contributed by atoms with Crippen molar-refractivity contribution in [3.8, 4) is 0 Å². The first kappa shape index (κ1) is 22.4. The minimum Gasteiger partial charge on any atom is -0.465 e. The van der Waals surface area contributed by atoms with E-state index < -0.39 is 35.7 Å². The van der Waals surface area contributed by atoms with Gasteiger partial charge in [0.05, 0.1) is 24.8 Å². The second-order valence-electron chi connectivity index (χ2n) is 8.12. The minimum absolute atomic E-state index is 0.121. The Kier molecular flexibility index (Phi) is 6.39. The minimum atomic E-state index is -0.944. The quantitative estimate of drug-likeness (QED) is 0.531. The molecule has 2 aliphatic rings. The second kappa shape index (κ2) is 9.40. The zero-order chi connectivity index (χ0) is 23.5. The van der Waals surface area contributed by atoms with Gasteiger partial charge in [-0.25, -0.2) is 18.9 Å². The van der Waals surface area contributed by atoms with Crippen molar-refractivity contribution >= 4 is 35.2 Å². The van der Waals surface area contributed by atoms with Crippen LogP contribution in [0.1, 0.15) is 42.5 Å². The number of amides is 4. The smallest absolute Gasteiger partial charge is 0.337 e. The fourth-order valence-corrected chi connectivity index (χ4v) is 4.41. The molecule has 0 spiro atoms. The average Bonchev–Trinajstić information content (AvgIpc) is 3.41. The third-order valence-corrected chi connectivity index (χ3v) is 6.02. The lowest BCUT2D eigenvalue weighted by molar-refractivity contribution is -0.124. The van der Waals surface area contributed by atoms with Crippen LogP contribution in [0.5, 0.6) is 0 Å². The van der Waals surface area contributed by atoms with Crippen LogP contribution in [-0.4, -0.2) is 47.9 Å². The number of carbonyl (C=O) groups excluding carboxylic acids is 4. The van der Waals surface area contributed by atoms with Crippen molar-refractivity contribution in [1.29, 1.82) is 0 Å². The van der Waals surface area contributed by atoms with E-state index in [-0.39, 0.29) is 18.2 Å². The summed E-state index contributed by atoms with van der Waals surface area (Å²) in [5, 5.41) is 2.71. The molecule has 1 heterocycles. The number of urea groups is 1. The predicted molar refractivity (Wildman–Crippen MR) is 118 cm³/mol. The molecular weight excluding hydrogens is 429 g/mol. The molecule has 2 aromatic carbocycles. The lowest BCUT2D eigenvalue weighted by Crippen LogP contribution is -2.43. The van der Waals surface area contributed by atoms with Crippen molar-refractivity contribution in [1.82, 2.24) is 4.90 Å². The van der Waals surface area contributed by atoms with Gasteiger partial charge in [0.2, 0.25) is 5.91 Å². The largest absolute Gasteiger partial charge is 0.465 e. The standard InChI is InChI=1S/C24H24FN3O5/c1-33-23(31)15-6-10-17(11-7-15)26-21(29)14-20-22(30)28(19-12-8-16(25)9-13-19)24(32)27(20)18-4-2-3-5-18/h6-13,18,20H,2-5,14H2,1H3,(H,26,29). The highest BCUT2D eigenvalue weighted by Gasteiger charge is 2.49. The molecule has 2 aromatic rings. The van der Waals surface area contributed by atoms with Crippen LogP contribution in [0.2, 0.25) is 0 Å². The number of nitrogens with one attached hydrogen (secondary N) is 1. The molecule has 1 aliphatic carbocycles. The molecule has 1 saturated carbocycles. The van der Waals surface area contributed by atoms with Crippen LogP contribution in [0, 0.1) is 5.82 Å². The summed E-state index contributed by atoms with van der Waals surface area (Å²) in [5.74, 6) is -1.90. The van der Waals surface area contributed by atoms with Gasteiger partial charge in [-0.05, 0) is 61.4 Å². The maximum atomic E-state index is 13.4. The molecule has 0 aromatic heterocycles. The Labute approximate surface area is 190 Å². The third-order valence-electron chi connectivity index (χ3n) is 6.02. The highest BCUT2D eigenvalue weighted by atomic mass is 19.1. The van der Waals surface area contributed by atoms with E-state index in [1.165, 1.54) is 48.4 Å². The number of esters is 1. The second-order valence-corrected chi connectivity index (χ2v) is 8.12. The third kappa shape index (κ3) is 4.57. The van der Waals surface area contributed by atoms with Crippen LogP contribution in [0.15, 0.2) is 48.5 Å². The highest BCUT2D eigenvalue weighted by Crippen LogP contribution is 2.34. The molecular formula is C24H24FN3O5. The van der Waals surface area contributed by atoms with Gasteiger partial charge in [-0.3, -0.25) is 9.59 Å². The number of anilines is 2. The van der Waals surface area contributed by atoms with E-state index in [1.807, 2.05) is 0 Å². The molecule has 0 radical (unpaired) electrons. The van der Waals surface area contributed by atoms with Crippen LogP contribution in [-0.2, 0) is 14.3 Å². The first-order chi connectivity index (χ1) is 15.9. The van der Waals surface area contributed by atoms with E-state index in [1.54, 1.807) is 12.1 Å². The molecule has 1 saturated heterocycles. The number of methoxy groups -OCH3 is 1. The number of benzene rings is 2. The van der Waals surface area contributed by atoms with Crippen molar-refractivity contribution in [2.75, 3.05) is 17.3 Å². The van der Waals surface area contributed by atoms with Crippen LogP contribution in [0.25, 0.3) is 0 Å². The summed E-state index contributed by atoms with van der Waals surface area (Å²) in [6, 6.07) is 9.74. The molecule has 1 atom stereocenters. The number of carbonyl (C=O) groups is 4. The summed E-state index contributed by atoms with van der Waals surface area (Å²) in [6.45, 7) is 0. The maximum absolute atomic E-state index is 13.4. The molecule has 33 heavy (non-hydrogen) atoms. The molecule has 4 rings (SSSR count). The Bertz CT molecular complexity index is 1060. The number of imide groups is 1. The summed E-state index contributed by atoms with van der Waals surface area (Å²) in [6.07, 6.45) is 3.22. The van der Waals surface area contributed by atoms with Gasteiger partial charge in [-0.1, -0.05) is 12.8 Å². The average molecular weight is 453 g/mol. The van der Waals surface area contributed by atoms with Crippen molar-refractivity contribution in [3.05, 3.63) is 59.9 Å². The van der Waals surface area contributed by atoms with E-state index >= 15 is 0 Å². The first-order valence-corrected chi connectivity index (χ1v) is 10.8. The number of hydrogen-bond acceptors (Lipinski definition) is 5. The van der Waals surface area contributed by atoms with Gasteiger partial charge < -0.3 is 15.0 Å². The normalized spacial score (nSPS) is 18.7. The van der Waals surface area contributed by atoms with Crippen LogP contribution < -0.4 is 10.2 Å². The fraction of sp³-hybridized carbons (Fsp3) is 0.333. The van der Waals surface area contributed by atoms with Crippen LogP contribution in [0.3, 0.4) is 0 Å². The molecule has 4 amide bonds. The maximum Gasteiger partial charge on any atom is 0.337 e. The first-order valence-electron chi connectivity index (χ1n) is 10.8. The molecule has 1 unspecified atom stereocenters. The van der Waals surface area contributed by atoms with Crippen LogP contribution in [0.4, 0.5) is 20.6 Å². The van der Waals surface area contributed by atoms with Crippen molar-refractivity contribution in [3.63, 3.8) is 0 Å². The Morgan fingerprint density at radius 3 is 2.27 bits per heavy atom. The topological polar surface area (TPSA) is 96.0 Å². The Morgan fingerprint density at radius 2 is 1.67 bits per heavy atom. The van der Waals surface area contributed by atoms with Crippen molar-refractivity contribution in [2.45, 2.75) is 44.2 Å². The number of hydrogen-bond donors (Lipinski definition) is 1. The summed E-state index contributed by atoms with van der Waals surface area (Å²) < 4.78 is 18.0. The summed E-state index contributed by atoms with van der Waals surface area (Å²) in [7, 11) is 1.28. The number of halogens is 1. The Balaban J connectivity index is 1.52. The fourth-order valence-electron chi connectivity index (χ4n) is 4.41. The SMILES string of the molecule is COC(=O)c1ccc(NC(=O)CC2C(=O)N(c3ccc(F)cc3)C(=O)N2C2CCCC2)cc1. The van der Waals surface area contributed by atoms with Crippen molar-refractivity contribution < 1.29 is 28.3 Å². The van der Waals surface area contributed by atoms with E-state index in [0.717, 1.165) is 30.6 Å². The van der Waals surface area contributed by atoms with Gasteiger partial charge in [0.25, 0.3) is 5.91 Å². The Hall–Kier alpha value is -3.75. The molecule has 1 aliphatic heterocycles. The van der Waals surface area contributed by atoms with E-state index in [4.69, 9.17) is 0 Å². The molecule has 9 heteroatoms. The van der Waals surface area contributed by atoms with Gasteiger partial charge in [0, 0.05) is 11.7 Å². The zero-order valence-electron chi connectivity index (χ0n) is 18.1. The van der Waals surface area contributed by atoms with Gasteiger partial charge in [0.15, 0.2) is 0 Å². The number of ether oxygens (including phenoxy) is 1. The van der Waals surface area contributed by atoms with E-state index in [2.05, 4.69) is 10.1 Å². The molecule has 8 nitrogen and oxygen atoms in total. The highest BCUT2D eigenvalue weighted by molar-refractivity contribution is 6.22.